The zero-order chi connectivity index (χ0) is 9.97. The smallest absolute Gasteiger partial charge is 0.120 e. The summed E-state index contributed by atoms with van der Waals surface area (Å²) in [5.74, 6) is 0.839. The Kier molecular flexibility index (Phi) is 2.65. The Morgan fingerprint density at radius 2 is 2.36 bits per heavy atom. The van der Waals surface area contributed by atoms with Crippen LogP contribution in [0.5, 0.6) is 0 Å². The second-order valence-electron chi connectivity index (χ2n) is 3.07. The van der Waals surface area contributed by atoms with E-state index in [1.807, 2.05) is 6.20 Å². The van der Waals surface area contributed by atoms with Crippen molar-refractivity contribution in [3.8, 4) is 10.6 Å². The maximum atomic E-state index is 5.48. The minimum absolute atomic E-state index is 0.464. The number of nitrogens with one attached hydrogen (secondary N) is 1. The minimum Gasteiger partial charge on any atom is -0.340 e. The molecule has 0 fully saturated rings. The lowest BCUT2D eigenvalue weighted by atomic mass is 10.3. The van der Waals surface area contributed by atoms with Crippen LogP contribution in [-0.2, 0) is 13.0 Å². The zero-order valence-corrected chi connectivity index (χ0v) is 8.90. The SMILES string of the molecule is CCc1ccc(-c2cnc(CN)[nH]2)s1. The quantitative estimate of drug-likeness (QED) is 0.810. The molecule has 0 spiro atoms. The monoisotopic (exact) mass is 207 g/mol. The van der Waals surface area contributed by atoms with Crippen LogP contribution >= 0.6 is 11.3 Å². The molecular formula is C10H13N3S. The Balaban J connectivity index is 2.29. The van der Waals surface area contributed by atoms with Crippen molar-refractivity contribution in [1.82, 2.24) is 9.97 Å². The molecule has 2 heterocycles. The van der Waals surface area contributed by atoms with E-state index in [0.29, 0.717) is 6.54 Å². The molecule has 14 heavy (non-hydrogen) atoms. The molecule has 2 rings (SSSR count). The molecule has 0 saturated heterocycles. The van der Waals surface area contributed by atoms with Gasteiger partial charge >= 0.3 is 0 Å². The molecule has 0 unspecified atom stereocenters. The first kappa shape index (κ1) is 9.43. The normalized spacial score (nSPS) is 10.7. The molecule has 3 nitrogen and oxygen atoms in total. The van der Waals surface area contributed by atoms with Crippen LogP contribution < -0.4 is 5.73 Å². The standard InChI is InChI=1S/C10H13N3S/c1-2-7-3-4-9(14-7)8-6-12-10(5-11)13-8/h3-4,6H,2,5,11H2,1H3,(H,12,13). The highest BCUT2D eigenvalue weighted by Crippen LogP contribution is 2.26. The van der Waals surface area contributed by atoms with Crippen LogP contribution in [-0.4, -0.2) is 9.97 Å². The van der Waals surface area contributed by atoms with Crippen molar-refractivity contribution in [3.63, 3.8) is 0 Å². The molecule has 0 aliphatic heterocycles. The summed E-state index contributed by atoms with van der Waals surface area (Å²) in [5.41, 5.74) is 6.55. The number of H-pyrrole nitrogens is 1. The van der Waals surface area contributed by atoms with Crippen LogP contribution in [0.1, 0.15) is 17.6 Å². The van der Waals surface area contributed by atoms with Crippen molar-refractivity contribution in [2.45, 2.75) is 19.9 Å². The number of imidazole rings is 1. The Labute approximate surface area is 87.0 Å². The number of rotatable bonds is 3. The predicted octanol–water partition coefficient (Wildman–Crippen LogP) is 2.16. The molecule has 0 aliphatic carbocycles. The van der Waals surface area contributed by atoms with E-state index in [1.165, 1.54) is 9.75 Å². The number of nitrogens with two attached hydrogens (primary N) is 1. The fraction of sp³-hybridized carbons (Fsp3) is 0.300. The molecule has 0 aliphatic rings. The van der Waals surface area contributed by atoms with Gasteiger partial charge in [-0.25, -0.2) is 4.98 Å². The van der Waals surface area contributed by atoms with Crippen LogP contribution in [0.25, 0.3) is 10.6 Å². The summed E-state index contributed by atoms with van der Waals surface area (Å²) in [6.07, 6.45) is 2.93. The molecule has 2 aromatic heterocycles. The highest BCUT2D eigenvalue weighted by molar-refractivity contribution is 7.15. The number of thiophene rings is 1. The van der Waals surface area contributed by atoms with E-state index in [-0.39, 0.29) is 0 Å². The van der Waals surface area contributed by atoms with Gasteiger partial charge in [-0.2, -0.15) is 0 Å². The van der Waals surface area contributed by atoms with Crippen LogP contribution in [0.15, 0.2) is 18.3 Å². The lowest BCUT2D eigenvalue weighted by molar-refractivity contribution is 0.951. The third-order valence-corrected chi connectivity index (χ3v) is 3.36. The van der Waals surface area contributed by atoms with Gasteiger partial charge in [-0.1, -0.05) is 6.92 Å². The summed E-state index contributed by atoms with van der Waals surface area (Å²) in [6.45, 7) is 2.62. The minimum atomic E-state index is 0.464. The molecule has 74 valence electrons. The number of nitrogens with zero attached hydrogens (tertiary/aromatic N) is 1. The molecule has 0 amide bonds. The Bertz CT molecular complexity index is 376. The van der Waals surface area contributed by atoms with Gasteiger partial charge in [0.1, 0.15) is 5.82 Å². The fourth-order valence-electron chi connectivity index (χ4n) is 1.30. The van der Waals surface area contributed by atoms with Gasteiger partial charge < -0.3 is 10.7 Å². The Morgan fingerprint density at radius 3 is 2.93 bits per heavy atom. The first-order valence-corrected chi connectivity index (χ1v) is 5.48. The molecule has 0 saturated carbocycles. The van der Waals surface area contributed by atoms with Gasteiger partial charge in [0.25, 0.3) is 0 Å². The maximum Gasteiger partial charge on any atom is 0.120 e. The van der Waals surface area contributed by atoms with Crippen LogP contribution in [0.2, 0.25) is 0 Å². The number of aromatic nitrogens is 2. The van der Waals surface area contributed by atoms with Crippen molar-refractivity contribution in [2.75, 3.05) is 0 Å². The molecule has 0 bridgehead atoms. The number of hydrogen-bond donors (Lipinski definition) is 2. The number of aromatic amines is 1. The van der Waals surface area contributed by atoms with E-state index >= 15 is 0 Å². The summed E-state index contributed by atoms with van der Waals surface area (Å²) >= 11 is 1.80. The molecular weight excluding hydrogens is 194 g/mol. The van der Waals surface area contributed by atoms with Crippen molar-refractivity contribution >= 4 is 11.3 Å². The van der Waals surface area contributed by atoms with Gasteiger partial charge in [0.15, 0.2) is 0 Å². The summed E-state index contributed by atoms with van der Waals surface area (Å²) in [7, 11) is 0. The zero-order valence-electron chi connectivity index (χ0n) is 8.08. The molecule has 0 radical (unpaired) electrons. The Morgan fingerprint density at radius 1 is 1.50 bits per heavy atom. The highest BCUT2D eigenvalue weighted by atomic mass is 32.1. The maximum absolute atomic E-state index is 5.48. The average molecular weight is 207 g/mol. The second kappa shape index (κ2) is 3.94. The number of aryl methyl sites for hydroxylation is 1. The van der Waals surface area contributed by atoms with E-state index in [1.54, 1.807) is 11.3 Å². The van der Waals surface area contributed by atoms with Crippen LogP contribution in [0, 0.1) is 0 Å². The Hall–Kier alpha value is -1.13. The van der Waals surface area contributed by atoms with E-state index < -0.39 is 0 Å². The van der Waals surface area contributed by atoms with Crippen molar-refractivity contribution in [2.24, 2.45) is 5.73 Å². The van der Waals surface area contributed by atoms with E-state index in [4.69, 9.17) is 5.73 Å². The molecule has 0 atom stereocenters. The molecule has 0 aromatic carbocycles. The van der Waals surface area contributed by atoms with Gasteiger partial charge in [0, 0.05) is 4.88 Å². The van der Waals surface area contributed by atoms with Gasteiger partial charge in [0.05, 0.1) is 23.3 Å². The lowest BCUT2D eigenvalue weighted by Crippen LogP contribution is -1.97. The van der Waals surface area contributed by atoms with Gasteiger partial charge in [-0.15, -0.1) is 11.3 Å². The van der Waals surface area contributed by atoms with Crippen LogP contribution in [0.4, 0.5) is 0 Å². The first-order valence-electron chi connectivity index (χ1n) is 4.66. The summed E-state index contributed by atoms with van der Waals surface area (Å²) in [4.78, 5) is 9.99. The second-order valence-corrected chi connectivity index (χ2v) is 4.24. The topological polar surface area (TPSA) is 54.7 Å². The van der Waals surface area contributed by atoms with Gasteiger partial charge in [0.2, 0.25) is 0 Å². The number of hydrogen-bond acceptors (Lipinski definition) is 3. The summed E-state index contributed by atoms with van der Waals surface area (Å²) in [6, 6.07) is 4.28. The van der Waals surface area contributed by atoms with E-state index in [2.05, 4.69) is 29.0 Å². The van der Waals surface area contributed by atoms with Gasteiger partial charge in [-0.05, 0) is 18.6 Å². The molecule has 4 heteroatoms. The van der Waals surface area contributed by atoms with Crippen molar-refractivity contribution in [1.29, 1.82) is 0 Å². The summed E-state index contributed by atoms with van der Waals surface area (Å²) < 4.78 is 0. The first-order chi connectivity index (χ1) is 6.83. The third kappa shape index (κ3) is 1.71. The van der Waals surface area contributed by atoms with Crippen molar-refractivity contribution in [3.05, 3.63) is 29.0 Å². The third-order valence-electron chi connectivity index (χ3n) is 2.10. The summed E-state index contributed by atoms with van der Waals surface area (Å²) in [5, 5.41) is 0. The van der Waals surface area contributed by atoms with Crippen molar-refractivity contribution < 1.29 is 0 Å². The molecule has 2 aromatic rings. The largest absolute Gasteiger partial charge is 0.340 e. The van der Waals surface area contributed by atoms with E-state index in [9.17, 15) is 0 Å². The fourth-order valence-corrected chi connectivity index (χ4v) is 2.22. The van der Waals surface area contributed by atoms with E-state index in [0.717, 1.165) is 17.9 Å². The lowest BCUT2D eigenvalue weighted by Gasteiger charge is -1.90. The van der Waals surface area contributed by atoms with Crippen LogP contribution in [0.3, 0.4) is 0 Å². The highest BCUT2D eigenvalue weighted by Gasteiger charge is 2.04. The predicted molar refractivity (Wildman–Crippen MR) is 59.2 cm³/mol. The average Bonchev–Trinajstić information content (AvgIpc) is 2.86. The molecule has 3 N–H and O–H groups in total. The van der Waals surface area contributed by atoms with Gasteiger partial charge in [-0.3, -0.25) is 0 Å².